The Bertz CT molecular complexity index is 1120. The largest absolute Gasteiger partial charge is 0.508 e. The van der Waals surface area contributed by atoms with Crippen molar-refractivity contribution in [2.24, 2.45) is 4.99 Å². The Balaban J connectivity index is 1.85. The summed E-state index contributed by atoms with van der Waals surface area (Å²) >= 11 is 5.95. The van der Waals surface area contributed by atoms with Crippen LogP contribution < -0.4 is 9.64 Å². The molecule has 3 aromatic carbocycles. The molecule has 1 N–H and O–H groups in total. The van der Waals surface area contributed by atoms with Crippen molar-refractivity contribution in [3.05, 3.63) is 94.6 Å². The maximum Gasteiger partial charge on any atom is 0.282 e. The fourth-order valence-corrected chi connectivity index (χ4v) is 3.21. The van der Waals surface area contributed by atoms with Crippen LogP contribution in [0.15, 0.2) is 83.5 Å². The molecule has 1 heterocycles. The summed E-state index contributed by atoms with van der Waals surface area (Å²) in [6.45, 7) is 0. The molecule has 1 aliphatic rings. The van der Waals surface area contributed by atoms with Gasteiger partial charge in [0, 0.05) is 5.02 Å². The molecule has 29 heavy (non-hydrogen) atoms. The number of methoxy groups -OCH3 is 1. The van der Waals surface area contributed by atoms with Gasteiger partial charge in [-0.05, 0) is 60.2 Å². The van der Waals surface area contributed by atoms with Gasteiger partial charge in [-0.1, -0.05) is 35.9 Å². The highest BCUT2D eigenvalue weighted by molar-refractivity contribution is 6.34. The molecule has 144 valence electrons. The van der Waals surface area contributed by atoms with Crippen molar-refractivity contribution in [3.8, 4) is 11.5 Å². The zero-order valence-corrected chi connectivity index (χ0v) is 16.3. The summed E-state index contributed by atoms with van der Waals surface area (Å²) in [6, 6.07) is 21.0. The number of rotatable bonds is 4. The van der Waals surface area contributed by atoms with Crippen molar-refractivity contribution in [2.75, 3.05) is 12.0 Å². The van der Waals surface area contributed by atoms with Gasteiger partial charge in [-0.25, -0.2) is 4.99 Å². The number of anilines is 1. The van der Waals surface area contributed by atoms with E-state index < -0.39 is 0 Å². The second-order valence-corrected chi connectivity index (χ2v) is 6.81. The van der Waals surface area contributed by atoms with E-state index >= 15 is 0 Å². The van der Waals surface area contributed by atoms with Crippen LogP contribution in [0.1, 0.15) is 11.1 Å². The lowest BCUT2D eigenvalue weighted by atomic mass is 10.1. The van der Waals surface area contributed by atoms with E-state index in [9.17, 15) is 9.90 Å². The van der Waals surface area contributed by atoms with E-state index in [1.54, 1.807) is 37.5 Å². The van der Waals surface area contributed by atoms with E-state index in [4.69, 9.17) is 16.3 Å². The van der Waals surface area contributed by atoms with Gasteiger partial charge in [0.15, 0.2) is 5.84 Å². The Hall–Kier alpha value is -3.57. The number of aromatic hydroxyl groups is 1. The predicted octanol–water partition coefficient (Wildman–Crippen LogP) is 4.89. The van der Waals surface area contributed by atoms with Gasteiger partial charge in [-0.2, -0.15) is 0 Å². The molecule has 0 fully saturated rings. The first kappa shape index (κ1) is 18.8. The van der Waals surface area contributed by atoms with E-state index in [0.29, 0.717) is 33.6 Å². The molecule has 6 heteroatoms. The van der Waals surface area contributed by atoms with Crippen molar-refractivity contribution in [1.82, 2.24) is 0 Å². The molecule has 5 nitrogen and oxygen atoms in total. The number of hydrogen-bond donors (Lipinski definition) is 1. The number of amidine groups is 1. The standard InChI is InChI=1S/C23H17ClN2O3/c1-29-21-5-3-2-4-19(21)22-25-20(14-15-6-8-16(24)9-7-15)23(28)26(22)17-10-12-18(27)13-11-17/h2-14,27H,1H3/b20-14+. The summed E-state index contributed by atoms with van der Waals surface area (Å²) in [7, 11) is 1.57. The molecule has 0 aromatic heterocycles. The Kier molecular flexibility index (Phi) is 5.06. The average Bonchev–Trinajstić information content (AvgIpc) is 3.06. The summed E-state index contributed by atoms with van der Waals surface area (Å²) in [5.41, 5.74) is 2.39. The SMILES string of the molecule is COc1ccccc1C1=N/C(=C/c2ccc(Cl)cc2)C(=O)N1c1ccc(O)cc1. The number of carbonyl (C=O) groups is 1. The molecular formula is C23H17ClN2O3. The zero-order valence-electron chi connectivity index (χ0n) is 15.5. The van der Waals surface area contributed by atoms with Crippen molar-refractivity contribution in [1.29, 1.82) is 0 Å². The number of ether oxygens (including phenoxy) is 1. The minimum absolute atomic E-state index is 0.119. The minimum Gasteiger partial charge on any atom is -0.508 e. The fraction of sp³-hybridized carbons (Fsp3) is 0.0435. The highest BCUT2D eigenvalue weighted by Gasteiger charge is 2.33. The first-order valence-electron chi connectivity index (χ1n) is 8.89. The van der Waals surface area contributed by atoms with Gasteiger partial charge in [0.2, 0.25) is 0 Å². The molecule has 0 spiro atoms. The highest BCUT2D eigenvalue weighted by atomic mass is 35.5. The minimum atomic E-state index is -0.272. The molecule has 4 rings (SSSR count). The summed E-state index contributed by atoms with van der Waals surface area (Å²) < 4.78 is 5.47. The van der Waals surface area contributed by atoms with Crippen LogP contribution in [-0.4, -0.2) is 24.0 Å². The van der Waals surface area contributed by atoms with Crippen LogP contribution in [0.2, 0.25) is 5.02 Å². The smallest absolute Gasteiger partial charge is 0.282 e. The number of amides is 1. The monoisotopic (exact) mass is 404 g/mol. The average molecular weight is 405 g/mol. The maximum absolute atomic E-state index is 13.3. The Morgan fingerprint density at radius 3 is 2.38 bits per heavy atom. The summed E-state index contributed by atoms with van der Waals surface area (Å²) in [5, 5.41) is 10.2. The molecule has 0 unspecified atom stereocenters. The molecule has 0 saturated heterocycles. The first-order chi connectivity index (χ1) is 14.1. The zero-order chi connectivity index (χ0) is 20.4. The molecule has 0 atom stereocenters. The Morgan fingerprint density at radius 1 is 1.00 bits per heavy atom. The molecule has 0 radical (unpaired) electrons. The first-order valence-corrected chi connectivity index (χ1v) is 9.27. The number of hydrogen-bond acceptors (Lipinski definition) is 4. The maximum atomic E-state index is 13.3. The van der Waals surface area contributed by atoms with Crippen LogP contribution >= 0.6 is 11.6 Å². The third kappa shape index (κ3) is 3.73. The van der Waals surface area contributed by atoms with E-state index in [-0.39, 0.29) is 11.7 Å². The molecule has 3 aromatic rings. The van der Waals surface area contributed by atoms with Gasteiger partial charge < -0.3 is 9.84 Å². The quantitative estimate of drug-likeness (QED) is 0.630. The summed E-state index contributed by atoms with van der Waals surface area (Å²) in [5.74, 6) is 0.911. The number of para-hydroxylation sites is 1. The van der Waals surface area contributed by atoms with Crippen molar-refractivity contribution < 1.29 is 14.6 Å². The third-order valence-electron chi connectivity index (χ3n) is 4.49. The van der Waals surface area contributed by atoms with Gasteiger partial charge in [0.1, 0.15) is 17.2 Å². The van der Waals surface area contributed by atoms with Crippen molar-refractivity contribution >= 4 is 35.1 Å². The molecule has 0 aliphatic carbocycles. The number of halogens is 1. The number of nitrogens with zero attached hydrogens (tertiary/aromatic N) is 2. The van der Waals surface area contributed by atoms with Crippen LogP contribution in [0.4, 0.5) is 5.69 Å². The number of aliphatic imine (C=N–C) groups is 1. The fourth-order valence-electron chi connectivity index (χ4n) is 3.08. The third-order valence-corrected chi connectivity index (χ3v) is 4.74. The van der Waals surface area contributed by atoms with Gasteiger partial charge >= 0.3 is 0 Å². The van der Waals surface area contributed by atoms with Gasteiger partial charge in [-0.3, -0.25) is 9.69 Å². The Labute approximate surface area is 173 Å². The second-order valence-electron chi connectivity index (χ2n) is 6.37. The van der Waals surface area contributed by atoms with Crippen LogP contribution in [0.25, 0.3) is 6.08 Å². The van der Waals surface area contributed by atoms with E-state index in [1.165, 1.54) is 17.0 Å². The lowest BCUT2D eigenvalue weighted by Gasteiger charge is -2.19. The van der Waals surface area contributed by atoms with E-state index in [1.807, 2.05) is 36.4 Å². The molecule has 0 bridgehead atoms. The molecular weight excluding hydrogens is 388 g/mol. The number of benzene rings is 3. The highest BCUT2D eigenvalue weighted by Crippen LogP contribution is 2.32. The predicted molar refractivity (Wildman–Crippen MR) is 115 cm³/mol. The summed E-state index contributed by atoms with van der Waals surface area (Å²) in [6.07, 6.45) is 1.72. The molecule has 1 amide bonds. The van der Waals surface area contributed by atoms with Crippen LogP contribution in [-0.2, 0) is 4.79 Å². The topological polar surface area (TPSA) is 62.1 Å². The Morgan fingerprint density at radius 2 is 1.69 bits per heavy atom. The number of phenols is 1. The van der Waals surface area contributed by atoms with Crippen LogP contribution in [0.3, 0.4) is 0 Å². The lowest BCUT2D eigenvalue weighted by Crippen LogP contribution is -2.32. The van der Waals surface area contributed by atoms with E-state index in [2.05, 4.69) is 4.99 Å². The molecule has 1 aliphatic heterocycles. The van der Waals surface area contributed by atoms with Crippen molar-refractivity contribution in [2.45, 2.75) is 0 Å². The van der Waals surface area contributed by atoms with Gasteiger partial charge in [-0.15, -0.1) is 0 Å². The normalized spacial score (nSPS) is 15.0. The van der Waals surface area contributed by atoms with Crippen LogP contribution in [0, 0.1) is 0 Å². The second kappa shape index (κ2) is 7.81. The summed E-state index contributed by atoms with van der Waals surface area (Å²) in [4.78, 5) is 19.4. The van der Waals surface area contributed by atoms with Gasteiger partial charge in [0.05, 0.1) is 18.4 Å². The van der Waals surface area contributed by atoms with E-state index in [0.717, 1.165) is 5.56 Å². The number of carbonyl (C=O) groups excluding carboxylic acids is 1. The molecule has 0 saturated carbocycles. The van der Waals surface area contributed by atoms with Gasteiger partial charge in [0.25, 0.3) is 5.91 Å². The number of phenolic OH excluding ortho intramolecular Hbond substituents is 1. The lowest BCUT2D eigenvalue weighted by molar-refractivity contribution is -0.113. The van der Waals surface area contributed by atoms with Crippen LogP contribution in [0.5, 0.6) is 11.5 Å². The van der Waals surface area contributed by atoms with Crippen molar-refractivity contribution in [3.63, 3.8) is 0 Å².